The molecule has 4 heteroatoms. The zero-order valence-corrected chi connectivity index (χ0v) is 10.6. The smallest absolute Gasteiger partial charge is 0.230 e. The number of benzene rings is 1. The zero-order valence-electron chi connectivity index (χ0n) is 10.6. The van der Waals surface area contributed by atoms with E-state index in [9.17, 15) is 4.79 Å². The third-order valence-electron chi connectivity index (χ3n) is 2.66. The number of amides is 1. The van der Waals surface area contributed by atoms with Crippen LogP contribution in [0.15, 0.2) is 34.9 Å². The Labute approximate surface area is 106 Å². The standard InChI is InChI=1S/C14H16N2O2/c1-3-11-4-6-12(7-5-11)15-14(17)9-13-8-10(2)18-16-13/h4-8H,3,9H2,1-2H3,(H,15,17). The lowest BCUT2D eigenvalue weighted by molar-refractivity contribution is -0.115. The summed E-state index contributed by atoms with van der Waals surface area (Å²) in [4.78, 5) is 11.8. The Hall–Kier alpha value is -2.10. The summed E-state index contributed by atoms with van der Waals surface area (Å²) in [5.74, 6) is 0.623. The molecule has 1 heterocycles. The predicted octanol–water partition coefficient (Wildman–Crippen LogP) is 2.73. The molecule has 0 radical (unpaired) electrons. The molecule has 18 heavy (non-hydrogen) atoms. The van der Waals surface area contributed by atoms with Crippen LogP contribution in [0.5, 0.6) is 0 Å². The molecule has 0 aliphatic carbocycles. The van der Waals surface area contributed by atoms with Crippen LogP contribution in [0.3, 0.4) is 0 Å². The average Bonchev–Trinajstić information content (AvgIpc) is 2.75. The van der Waals surface area contributed by atoms with Gasteiger partial charge in [-0.25, -0.2) is 0 Å². The Morgan fingerprint density at radius 1 is 1.33 bits per heavy atom. The Morgan fingerprint density at radius 2 is 2.06 bits per heavy atom. The van der Waals surface area contributed by atoms with Gasteiger partial charge in [0.2, 0.25) is 5.91 Å². The van der Waals surface area contributed by atoms with E-state index in [1.165, 1.54) is 5.56 Å². The number of aromatic nitrogens is 1. The molecule has 1 aromatic heterocycles. The SMILES string of the molecule is CCc1ccc(NC(=O)Cc2cc(C)on2)cc1. The van der Waals surface area contributed by atoms with Crippen LogP contribution in [0.25, 0.3) is 0 Å². The summed E-state index contributed by atoms with van der Waals surface area (Å²) in [6.45, 7) is 3.90. The van der Waals surface area contributed by atoms with E-state index in [2.05, 4.69) is 17.4 Å². The molecular formula is C14H16N2O2. The van der Waals surface area contributed by atoms with E-state index in [4.69, 9.17) is 4.52 Å². The summed E-state index contributed by atoms with van der Waals surface area (Å²) in [5.41, 5.74) is 2.70. The van der Waals surface area contributed by atoms with Crippen molar-refractivity contribution in [2.45, 2.75) is 26.7 Å². The van der Waals surface area contributed by atoms with Gasteiger partial charge in [0.1, 0.15) is 5.76 Å². The van der Waals surface area contributed by atoms with Gasteiger partial charge in [0, 0.05) is 11.8 Å². The lowest BCUT2D eigenvalue weighted by Crippen LogP contribution is -2.14. The summed E-state index contributed by atoms with van der Waals surface area (Å²) in [7, 11) is 0. The van der Waals surface area contributed by atoms with Gasteiger partial charge in [-0.1, -0.05) is 24.2 Å². The van der Waals surface area contributed by atoms with E-state index in [1.54, 1.807) is 13.0 Å². The second kappa shape index (κ2) is 5.49. The van der Waals surface area contributed by atoms with Crippen LogP contribution >= 0.6 is 0 Å². The minimum Gasteiger partial charge on any atom is -0.361 e. The van der Waals surface area contributed by atoms with Crippen molar-refractivity contribution in [3.05, 3.63) is 47.3 Å². The van der Waals surface area contributed by atoms with Crippen molar-refractivity contribution in [3.63, 3.8) is 0 Å². The molecule has 4 nitrogen and oxygen atoms in total. The van der Waals surface area contributed by atoms with E-state index in [1.807, 2.05) is 24.3 Å². The number of nitrogens with one attached hydrogen (secondary N) is 1. The van der Waals surface area contributed by atoms with Gasteiger partial charge in [-0.15, -0.1) is 0 Å². The van der Waals surface area contributed by atoms with Crippen LogP contribution in [-0.4, -0.2) is 11.1 Å². The maximum absolute atomic E-state index is 11.8. The first-order valence-corrected chi connectivity index (χ1v) is 5.98. The van der Waals surface area contributed by atoms with Crippen LogP contribution < -0.4 is 5.32 Å². The molecule has 2 rings (SSSR count). The van der Waals surface area contributed by atoms with Gasteiger partial charge in [0.25, 0.3) is 0 Å². The van der Waals surface area contributed by atoms with Gasteiger partial charge in [-0.05, 0) is 31.0 Å². The summed E-state index contributed by atoms with van der Waals surface area (Å²) in [6.07, 6.45) is 1.22. The molecule has 1 N–H and O–H groups in total. The molecule has 0 aliphatic heterocycles. The fraction of sp³-hybridized carbons (Fsp3) is 0.286. The third-order valence-corrected chi connectivity index (χ3v) is 2.66. The topological polar surface area (TPSA) is 55.1 Å². The Balaban J connectivity index is 1.94. The van der Waals surface area contributed by atoms with Crippen LogP contribution in [-0.2, 0) is 17.6 Å². The van der Waals surface area contributed by atoms with Gasteiger partial charge >= 0.3 is 0 Å². The van der Waals surface area contributed by atoms with Gasteiger partial charge < -0.3 is 9.84 Å². The Bertz CT molecular complexity index is 529. The molecule has 0 saturated carbocycles. The molecule has 0 unspecified atom stereocenters. The average molecular weight is 244 g/mol. The van der Waals surface area contributed by atoms with Crippen molar-refractivity contribution in [2.24, 2.45) is 0 Å². The van der Waals surface area contributed by atoms with Crippen LogP contribution in [0, 0.1) is 6.92 Å². The van der Waals surface area contributed by atoms with Crippen molar-refractivity contribution in [2.75, 3.05) is 5.32 Å². The summed E-state index contributed by atoms with van der Waals surface area (Å²) in [6, 6.07) is 9.60. The van der Waals surface area contributed by atoms with Crippen molar-refractivity contribution < 1.29 is 9.32 Å². The van der Waals surface area contributed by atoms with E-state index < -0.39 is 0 Å². The van der Waals surface area contributed by atoms with Crippen molar-refractivity contribution in [1.29, 1.82) is 0 Å². The first-order chi connectivity index (χ1) is 8.67. The van der Waals surface area contributed by atoms with Crippen LogP contribution in [0.2, 0.25) is 0 Å². The van der Waals surface area contributed by atoms with Gasteiger partial charge in [-0.3, -0.25) is 4.79 Å². The molecule has 1 amide bonds. The highest BCUT2D eigenvalue weighted by molar-refractivity contribution is 5.91. The number of hydrogen-bond acceptors (Lipinski definition) is 3. The maximum atomic E-state index is 11.8. The number of aryl methyl sites for hydroxylation is 2. The molecule has 0 fully saturated rings. The minimum atomic E-state index is -0.0902. The Morgan fingerprint density at radius 3 is 2.61 bits per heavy atom. The molecule has 0 aliphatic rings. The number of carbonyl (C=O) groups excluding carboxylic acids is 1. The van der Waals surface area contributed by atoms with E-state index in [0.717, 1.165) is 12.1 Å². The second-order valence-corrected chi connectivity index (χ2v) is 4.20. The molecule has 2 aromatic rings. The van der Waals surface area contributed by atoms with Crippen LogP contribution in [0.4, 0.5) is 5.69 Å². The number of nitrogens with zero attached hydrogens (tertiary/aromatic N) is 1. The number of anilines is 1. The maximum Gasteiger partial charge on any atom is 0.230 e. The van der Waals surface area contributed by atoms with Gasteiger partial charge in [0.05, 0.1) is 12.1 Å². The van der Waals surface area contributed by atoms with E-state index in [0.29, 0.717) is 11.5 Å². The third kappa shape index (κ3) is 3.20. The van der Waals surface area contributed by atoms with Crippen molar-refractivity contribution in [3.8, 4) is 0 Å². The monoisotopic (exact) mass is 244 g/mol. The summed E-state index contributed by atoms with van der Waals surface area (Å²) in [5, 5.41) is 6.62. The first-order valence-electron chi connectivity index (χ1n) is 5.98. The summed E-state index contributed by atoms with van der Waals surface area (Å²) < 4.78 is 4.92. The number of carbonyl (C=O) groups is 1. The van der Waals surface area contributed by atoms with Crippen molar-refractivity contribution >= 4 is 11.6 Å². The predicted molar refractivity (Wildman–Crippen MR) is 69.4 cm³/mol. The number of rotatable bonds is 4. The second-order valence-electron chi connectivity index (χ2n) is 4.20. The fourth-order valence-corrected chi connectivity index (χ4v) is 1.69. The molecule has 0 bridgehead atoms. The molecule has 0 saturated heterocycles. The molecule has 94 valence electrons. The lowest BCUT2D eigenvalue weighted by Gasteiger charge is -2.04. The van der Waals surface area contributed by atoms with E-state index in [-0.39, 0.29) is 12.3 Å². The molecular weight excluding hydrogens is 228 g/mol. The highest BCUT2D eigenvalue weighted by atomic mass is 16.5. The van der Waals surface area contributed by atoms with Gasteiger partial charge in [0.15, 0.2) is 0 Å². The van der Waals surface area contributed by atoms with Crippen LogP contribution in [0.1, 0.15) is 23.9 Å². The highest BCUT2D eigenvalue weighted by Gasteiger charge is 2.07. The number of hydrogen-bond donors (Lipinski definition) is 1. The van der Waals surface area contributed by atoms with Crippen molar-refractivity contribution in [1.82, 2.24) is 5.16 Å². The zero-order chi connectivity index (χ0) is 13.0. The fourth-order valence-electron chi connectivity index (χ4n) is 1.69. The minimum absolute atomic E-state index is 0.0902. The first kappa shape index (κ1) is 12.4. The molecule has 0 spiro atoms. The Kier molecular flexibility index (Phi) is 3.77. The molecule has 0 atom stereocenters. The molecule has 1 aromatic carbocycles. The summed E-state index contributed by atoms with van der Waals surface area (Å²) >= 11 is 0. The quantitative estimate of drug-likeness (QED) is 0.899. The van der Waals surface area contributed by atoms with E-state index >= 15 is 0 Å². The lowest BCUT2D eigenvalue weighted by atomic mass is 10.1. The highest BCUT2D eigenvalue weighted by Crippen LogP contribution is 2.11. The largest absolute Gasteiger partial charge is 0.361 e. The van der Waals surface area contributed by atoms with Gasteiger partial charge in [-0.2, -0.15) is 0 Å². The normalized spacial score (nSPS) is 10.3.